The molecule has 4 atom stereocenters. The van der Waals surface area contributed by atoms with Crippen molar-refractivity contribution in [3.05, 3.63) is 59.9 Å². The normalized spacial score (nSPS) is 27.8. The van der Waals surface area contributed by atoms with E-state index in [4.69, 9.17) is 0 Å². The van der Waals surface area contributed by atoms with Gasteiger partial charge in [0, 0.05) is 23.8 Å². The molecule has 1 aliphatic carbocycles. The number of rotatable bonds is 3. The van der Waals surface area contributed by atoms with E-state index >= 15 is 0 Å². The largest absolute Gasteiger partial charge is 0.325 e. The third-order valence-corrected chi connectivity index (χ3v) is 5.34. The summed E-state index contributed by atoms with van der Waals surface area (Å²) in [5.74, 6) is -0.560. The van der Waals surface area contributed by atoms with Gasteiger partial charge in [0.25, 0.3) is 0 Å². The van der Waals surface area contributed by atoms with Gasteiger partial charge < -0.3 is 5.32 Å². The Morgan fingerprint density at radius 2 is 1.88 bits per heavy atom. The van der Waals surface area contributed by atoms with Crippen molar-refractivity contribution >= 4 is 11.6 Å². The van der Waals surface area contributed by atoms with Crippen LogP contribution in [0.2, 0.25) is 0 Å². The van der Waals surface area contributed by atoms with Gasteiger partial charge in [-0.05, 0) is 61.1 Å². The Bertz CT molecular complexity index is 798. The van der Waals surface area contributed by atoms with Crippen LogP contribution in [0.5, 0.6) is 0 Å². The highest BCUT2D eigenvalue weighted by Gasteiger charge is 2.43. The number of carbonyl (C=O) groups is 1. The van der Waals surface area contributed by atoms with Crippen molar-refractivity contribution in [2.24, 2.45) is 5.92 Å². The summed E-state index contributed by atoms with van der Waals surface area (Å²) in [5.41, 5.74) is 7.74. The van der Waals surface area contributed by atoms with Gasteiger partial charge in [0.15, 0.2) is 0 Å². The second kappa shape index (κ2) is 7.09. The molecule has 5 nitrogen and oxygen atoms in total. The molecule has 2 heterocycles. The number of nitrogens with one attached hydrogen (secondary N) is 3. The van der Waals surface area contributed by atoms with Gasteiger partial charge in [-0.2, -0.15) is 0 Å². The number of halogens is 2. The van der Waals surface area contributed by atoms with E-state index < -0.39 is 6.04 Å². The van der Waals surface area contributed by atoms with Crippen LogP contribution in [0.15, 0.2) is 42.7 Å². The average molecular weight is 358 g/mol. The van der Waals surface area contributed by atoms with Crippen molar-refractivity contribution in [1.82, 2.24) is 15.8 Å². The summed E-state index contributed by atoms with van der Waals surface area (Å²) in [4.78, 5) is 16.6. The number of fused-ring (bicyclic) bond motifs is 1. The van der Waals surface area contributed by atoms with Gasteiger partial charge in [0.2, 0.25) is 5.91 Å². The van der Waals surface area contributed by atoms with E-state index in [2.05, 4.69) is 21.2 Å². The van der Waals surface area contributed by atoms with E-state index in [0.717, 1.165) is 24.8 Å². The highest BCUT2D eigenvalue weighted by atomic mass is 19.1. The summed E-state index contributed by atoms with van der Waals surface area (Å²) >= 11 is 0. The maximum Gasteiger partial charge on any atom is 0.243 e. The average Bonchev–Trinajstić information content (AvgIpc) is 3.07. The van der Waals surface area contributed by atoms with Crippen molar-refractivity contribution in [2.45, 2.75) is 37.3 Å². The Kier molecular flexibility index (Phi) is 4.65. The monoisotopic (exact) mass is 358 g/mol. The first-order valence-corrected chi connectivity index (χ1v) is 8.78. The maximum absolute atomic E-state index is 13.5. The van der Waals surface area contributed by atoms with E-state index in [1.54, 1.807) is 6.20 Å². The lowest BCUT2D eigenvalue weighted by molar-refractivity contribution is -0.119. The first kappa shape index (κ1) is 17.1. The van der Waals surface area contributed by atoms with Crippen LogP contribution in [0.25, 0.3) is 0 Å². The third-order valence-electron chi connectivity index (χ3n) is 5.34. The zero-order chi connectivity index (χ0) is 18.1. The molecule has 0 bridgehead atoms. The minimum Gasteiger partial charge on any atom is -0.325 e. The van der Waals surface area contributed by atoms with Crippen LogP contribution in [0.3, 0.4) is 0 Å². The van der Waals surface area contributed by atoms with Crippen LogP contribution in [0.1, 0.15) is 30.7 Å². The standard InChI is InChI=1S/C19H20F2N4O/c20-13-2-4-15(5-3-13)23-19(26)18-16-8-11(1-6-17(16)24-25-18)12-7-14(21)10-22-9-12/h2-5,7,9-11,16-18,24-25H,1,6,8H2,(H,23,26). The highest BCUT2D eigenvalue weighted by molar-refractivity contribution is 5.95. The molecule has 4 unspecified atom stereocenters. The highest BCUT2D eigenvalue weighted by Crippen LogP contribution is 2.39. The Hall–Kier alpha value is -2.38. The number of hydrazine groups is 1. The van der Waals surface area contributed by atoms with Gasteiger partial charge in [-0.3, -0.25) is 15.2 Å². The lowest BCUT2D eigenvalue weighted by Crippen LogP contribution is -2.42. The molecule has 3 N–H and O–H groups in total. The molecule has 26 heavy (non-hydrogen) atoms. The minimum atomic E-state index is -0.394. The van der Waals surface area contributed by atoms with E-state index in [0.29, 0.717) is 5.69 Å². The summed E-state index contributed by atoms with van der Waals surface area (Å²) in [7, 11) is 0. The fourth-order valence-electron chi connectivity index (χ4n) is 4.02. The van der Waals surface area contributed by atoms with Crippen LogP contribution in [-0.2, 0) is 4.79 Å². The van der Waals surface area contributed by atoms with Crippen molar-refractivity contribution in [1.29, 1.82) is 0 Å². The molecule has 0 radical (unpaired) electrons. The van der Waals surface area contributed by atoms with Gasteiger partial charge in [0.05, 0.1) is 6.20 Å². The molecule has 1 aliphatic heterocycles. The molecule has 7 heteroatoms. The molecule has 0 spiro atoms. The Labute approximate surface area is 150 Å². The predicted molar refractivity (Wildman–Crippen MR) is 93.2 cm³/mol. The van der Waals surface area contributed by atoms with Gasteiger partial charge in [-0.25, -0.2) is 14.2 Å². The van der Waals surface area contributed by atoms with Crippen molar-refractivity contribution in [2.75, 3.05) is 5.32 Å². The molecule has 2 aliphatic rings. The molecule has 2 fully saturated rings. The Balaban J connectivity index is 1.46. The summed E-state index contributed by atoms with van der Waals surface area (Å²) < 4.78 is 26.5. The van der Waals surface area contributed by atoms with Crippen LogP contribution in [0, 0.1) is 17.6 Å². The zero-order valence-corrected chi connectivity index (χ0v) is 14.1. The molecule has 4 rings (SSSR count). The van der Waals surface area contributed by atoms with Crippen LogP contribution in [-0.4, -0.2) is 23.0 Å². The van der Waals surface area contributed by atoms with Gasteiger partial charge in [0.1, 0.15) is 17.7 Å². The minimum absolute atomic E-state index is 0.0949. The summed E-state index contributed by atoms with van der Waals surface area (Å²) in [5, 5.41) is 2.83. The molecule has 1 saturated heterocycles. The fourth-order valence-corrected chi connectivity index (χ4v) is 4.02. The van der Waals surface area contributed by atoms with Crippen LogP contribution >= 0.6 is 0 Å². The van der Waals surface area contributed by atoms with Gasteiger partial charge in [-0.15, -0.1) is 0 Å². The van der Waals surface area contributed by atoms with E-state index in [1.807, 2.05) is 0 Å². The topological polar surface area (TPSA) is 66.1 Å². The number of benzene rings is 1. The molecule has 1 aromatic carbocycles. The van der Waals surface area contributed by atoms with E-state index in [1.165, 1.54) is 36.5 Å². The molecule has 2 aromatic rings. The van der Waals surface area contributed by atoms with Crippen molar-refractivity contribution in [3.8, 4) is 0 Å². The van der Waals surface area contributed by atoms with E-state index in [-0.39, 0.29) is 35.4 Å². The number of anilines is 1. The number of hydrogen-bond donors (Lipinski definition) is 3. The van der Waals surface area contributed by atoms with Crippen molar-refractivity contribution in [3.63, 3.8) is 0 Å². The van der Waals surface area contributed by atoms with Crippen LogP contribution < -0.4 is 16.2 Å². The first-order valence-electron chi connectivity index (χ1n) is 8.78. The molecule has 1 aromatic heterocycles. The predicted octanol–water partition coefficient (Wildman–Crippen LogP) is 2.73. The number of nitrogens with zero attached hydrogens (tertiary/aromatic N) is 1. The van der Waals surface area contributed by atoms with Gasteiger partial charge in [-0.1, -0.05) is 0 Å². The number of aromatic nitrogens is 1. The smallest absolute Gasteiger partial charge is 0.243 e. The summed E-state index contributed by atoms with van der Waals surface area (Å²) in [6.45, 7) is 0. The van der Waals surface area contributed by atoms with Gasteiger partial charge >= 0.3 is 0 Å². The molecule has 1 saturated carbocycles. The van der Waals surface area contributed by atoms with E-state index in [9.17, 15) is 13.6 Å². The number of pyridine rings is 1. The molecule has 136 valence electrons. The fraction of sp³-hybridized carbons (Fsp3) is 0.368. The van der Waals surface area contributed by atoms with Crippen molar-refractivity contribution < 1.29 is 13.6 Å². The summed E-state index contributed by atoms with van der Waals surface area (Å²) in [6.07, 6.45) is 5.51. The lowest BCUT2D eigenvalue weighted by Gasteiger charge is -2.32. The lowest BCUT2D eigenvalue weighted by atomic mass is 9.73. The quantitative estimate of drug-likeness (QED) is 0.789. The second-order valence-electron chi connectivity index (χ2n) is 6.98. The SMILES string of the molecule is O=C(Nc1ccc(F)cc1)C1NNC2CCC(c3cncc(F)c3)CC21. The number of amides is 1. The molecular weight excluding hydrogens is 338 g/mol. The zero-order valence-electron chi connectivity index (χ0n) is 14.1. The molecular formula is C19H20F2N4O. The number of hydrogen-bond acceptors (Lipinski definition) is 4. The number of carbonyl (C=O) groups excluding carboxylic acids is 1. The Morgan fingerprint density at radius 3 is 2.65 bits per heavy atom. The summed E-state index contributed by atoms with van der Waals surface area (Å²) in [6, 6.07) is 7.04. The first-order chi connectivity index (χ1) is 12.6. The van der Waals surface area contributed by atoms with Crippen LogP contribution in [0.4, 0.5) is 14.5 Å². The maximum atomic E-state index is 13.5. The second-order valence-corrected chi connectivity index (χ2v) is 6.98. The molecule has 1 amide bonds. The third kappa shape index (κ3) is 3.45. The Morgan fingerprint density at radius 1 is 1.08 bits per heavy atom.